The van der Waals surface area contributed by atoms with E-state index in [1.54, 1.807) is 10.8 Å². The predicted octanol–water partition coefficient (Wildman–Crippen LogP) is 1.91. The van der Waals surface area contributed by atoms with E-state index in [9.17, 15) is 9.59 Å². The van der Waals surface area contributed by atoms with Gasteiger partial charge in [0, 0.05) is 32.0 Å². The second kappa shape index (κ2) is 8.30. The highest BCUT2D eigenvalue weighted by Crippen LogP contribution is 2.24. The summed E-state index contributed by atoms with van der Waals surface area (Å²) in [5.74, 6) is 1.03. The van der Waals surface area contributed by atoms with Crippen molar-refractivity contribution in [1.29, 1.82) is 0 Å². The standard InChI is InChI=1S/C22H28N6O2/c1-15-6-7-16(2)18(13-15)14-28-22(30)27-10-4-5-19(20(27)25-28)21(29)24-9-12-26-11-8-23-17(26)3/h6-8,11,13,19H,4-5,9-10,12,14H2,1-3H3,(H,24,29). The molecule has 1 amide bonds. The van der Waals surface area contributed by atoms with Crippen molar-refractivity contribution < 1.29 is 4.79 Å². The molecule has 1 aromatic carbocycles. The minimum absolute atomic E-state index is 0.0717. The lowest BCUT2D eigenvalue weighted by Gasteiger charge is -2.21. The van der Waals surface area contributed by atoms with Gasteiger partial charge in [-0.3, -0.25) is 9.36 Å². The molecule has 0 aliphatic carbocycles. The van der Waals surface area contributed by atoms with Crippen molar-refractivity contribution in [3.63, 3.8) is 0 Å². The quantitative estimate of drug-likeness (QED) is 0.675. The van der Waals surface area contributed by atoms with E-state index in [1.165, 1.54) is 4.68 Å². The van der Waals surface area contributed by atoms with Crippen LogP contribution in [0.5, 0.6) is 0 Å². The van der Waals surface area contributed by atoms with Crippen LogP contribution >= 0.6 is 0 Å². The van der Waals surface area contributed by atoms with Gasteiger partial charge in [-0.05, 0) is 44.7 Å². The Morgan fingerprint density at radius 2 is 2.10 bits per heavy atom. The molecule has 1 unspecified atom stereocenters. The number of amides is 1. The Hall–Kier alpha value is -3.16. The van der Waals surface area contributed by atoms with Crippen molar-refractivity contribution in [1.82, 2.24) is 29.2 Å². The van der Waals surface area contributed by atoms with Crippen LogP contribution in [0.3, 0.4) is 0 Å². The highest BCUT2D eigenvalue weighted by atomic mass is 16.2. The fraction of sp³-hybridized carbons (Fsp3) is 0.455. The van der Waals surface area contributed by atoms with E-state index in [0.29, 0.717) is 38.4 Å². The summed E-state index contributed by atoms with van der Waals surface area (Å²) in [7, 11) is 0. The number of carbonyl (C=O) groups excluding carboxylic acids is 1. The van der Waals surface area contributed by atoms with Crippen LogP contribution in [0.15, 0.2) is 35.4 Å². The Labute approximate surface area is 175 Å². The Morgan fingerprint density at radius 1 is 1.27 bits per heavy atom. The average molecular weight is 409 g/mol. The van der Waals surface area contributed by atoms with E-state index < -0.39 is 5.92 Å². The summed E-state index contributed by atoms with van der Waals surface area (Å²) in [5, 5.41) is 7.58. The number of fused-ring (bicyclic) bond motifs is 1. The summed E-state index contributed by atoms with van der Waals surface area (Å²) in [6, 6.07) is 6.21. The predicted molar refractivity (Wildman–Crippen MR) is 113 cm³/mol. The molecule has 0 fully saturated rings. The molecular weight excluding hydrogens is 380 g/mol. The number of benzene rings is 1. The SMILES string of the molecule is Cc1ccc(C)c(Cn2nc3n(c2=O)CCCC3C(=O)NCCn2ccnc2C)c1. The second-order valence-electron chi connectivity index (χ2n) is 8.03. The molecule has 1 aliphatic rings. The smallest absolute Gasteiger partial charge is 0.346 e. The molecule has 3 heterocycles. The Balaban J connectivity index is 1.50. The maximum absolute atomic E-state index is 12.9. The highest BCUT2D eigenvalue weighted by molar-refractivity contribution is 5.82. The molecule has 30 heavy (non-hydrogen) atoms. The molecule has 0 saturated heterocycles. The molecule has 1 atom stereocenters. The van der Waals surface area contributed by atoms with Crippen molar-refractivity contribution in [2.75, 3.05) is 6.54 Å². The van der Waals surface area contributed by atoms with Crippen LogP contribution in [0, 0.1) is 20.8 Å². The van der Waals surface area contributed by atoms with Gasteiger partial charge in [0.1, 0.15) is 11.6 Å². The number of hydrogen-bond donors (Lipinski definition) is 1. The van der Waals surface area contributed by atoms with E-state index in [0.717, 1.165) is 28.9 Å². The molecule has 1 N–H and O–H groups in total. The molecule has 2 aromatic heterocycles. The maximum Gasteiger partial charge on any atom is 0.346 e. The third kappa shape index (κ3) is 3.94. The van der Waals surface area contributed by atoms with Crippen LogP contribution < -0.4 is 11.0 Å². The van der Waals surface area contributed by atoms with Crippen LogP contribution in [-0.4, -0.2) is 36.4 Å². The van der Waals surface area contributed by atoms with Crippen molar-refractivity contribution in [2.45, 2.75) is 59.2 Å². The Morgan fingerprint density at radius 3 is 2.87 bits per heavy atom. The summed E-state index contributed by atoms with van der Waals surface area (Å²) in [6.07, 6.45) is 5.14. The van der Waals surface area contributed by atoms with Crippen molar-refractivity contribution >= 4 is 5.91 Å². The number of nitrogens with zero attached hydrogens (tertiary/aromatic N) is 5. The van der Waals surface area contributed by atoms with Gasteiger partial charge in [-0.15, -0.1) is 0 Å². The molecule has 0 radical (unpaired) electrons. The average Bonchev–Trinajstić information content (AvgIpc) is 3.28. The minimum atomic E-state index is -0.393. The van der Waals surface area contributed by atoms with Crippen LogP contribution in [-0.2, 0) is 24.4 Å². The summed E-state index contributed by atoms with van der Waals surface area (Å²) < 4.78 is 5.16. The number of imidazole rings is 1. The van der Waals surface area contributed by atoms with Crippen LogP contribution in [0.1, 0.15) is 47.1 Å². The topological polar surface area (TPSA) is 86.7 Å². The lowest BCUT2D eigenvalue weighted by atomic mass is 9.98. The molecule has 0 bridgehead atoms. The number of aromatic nitrogens is 5. The van der Waals surface area contributed by atoms with Crippen LogP contribution in [0.25, 0.3) is 0 Å². The van der Waals surface area contributed by atoms with Crippen molar-refractivity contribution in [3.05, 3.63) is 69.4 Å². The van der Waals surface area contributed by atoms with Gasteiger partial charge in [0.25, 0.3) is 0 Å². The van der Waals surface area contributed by atoms with Crippen molar-refractivity contribution in [3.8, 4) is 0 Å². The lowest BCUT2D eigenvalue weighted by Crippen LogP contribution is -2.36. The highest BCUT2D eigenvalue weighted by Gasteiger charge is 2.31. The monoisotopic (exact) mass is 408 g/mol. The zero-order chi connectivity index (χ0) is 21.3. The first-order valence-corrected chi connectivity index (χ1v) is 10.4. The molecule has 1 aliphatic heterocycles. The minimum Gasteiger partial charge on any atom is -0.354 e. The third-order valence-corrected chi connectivity index (χ3v) is 5.85. The molecule has 0 saturated carbocycles. The first-order chi connectivity index (χ1) is 14.4. The van der Waals surface area contributed by atoms with Crippen LogP contribution in [0.2, 0.25) is 0 Å². The molecular formula is C22H28N6O2. The van der Waals surface area contributed by atoms with E-state index in [-0.39, 0.29) is 11.6 Å². The van der Waals surface area contributed by atoms with E-state index in [1.807, 2.05) is 31.5 Å². The first-order valence-electron chi connectivity index (χ1n) is 10.4. The van der Waals surface area contributed by atoms with Gasteiger partial charge in [0.15, 0.2) is 0 Å². The zero-order valence-electron chi connectivity index (χ0n) is 17.8. The number of rotatable bonds is 6. The molecule has 3 aromatic rings. The number of nitrogens with one attached hydrogen (secondary N) is 1. The van der Waals surface area contributed by atoms with E-state index in [2.05, 4.69) is 33.6 Å². The van der Waals surface area contributed by atoms with Gasteiger partial charge < -0.3 is 9.88 Å². The molecule has 8 heteroatoms. The van der Waals surface area contributed by atoms with Gasteiger partial charge in [0.05, 0.1) is 12.5 Å². The van der Waals surface area contributed by atoms with Gasteiger partial charge in [-0.1, -0.05) is 23.8 Å². The summed E-state index contributed by atoms with van der Waals surface area (Å²) in [6.45, 7) is 8.21. The van der Waals surface area contributed by atoms with E-state index >= 15 is 0 Å². The maximum atomic E-state index is 12.9. The van der Waals surface area contributed by atoms with Gasteiger partial charge in [-0.2, -0.15) is 5.10 Å². The van der Waals surface area contributed by atoms with E-state index in [4.69, 9.17) is 0 Å². The molecule has 158 valence electrons. The number of hydrogen-bond acceptors (Lipinski definition) is 4. The Kier molecular flexibility index (Phi) is 5.57. The molecule has 0 spiro atoms. The van der Waals surface area contributed by atoms with Gasteiger partial charge >= 0.3 is 5.69 Å². The molecule has 8 nitrogen and oxygen atoms in total. The van der Waals surface area contributed by atoms with Gasteiger partial charge in [0.2, 0.25) is 5.91 Å². The zero-order valence-corrected chi connectivity index (χ0v) is 17.8. The fourth-order valence-electron chi connectivity index (χ4n) is 4.05. The Bertz CT molecular complexity index is 1120. The number of aryl methyl sites for hydroxylation is 3. The number of carbonyl (C=O) groups is 1. The largest absolute Gasteiger partial charge is 0.354 e. The third-order valence-electron chi connectivity index (χ3n) is 5.85. The summed E-state index contributed by atoms with van der Waals surface area (Å²) >= 11 is 0. The van der Waals surface area contributed by atoms with Gasteiger partial charge in [-0.25, -0.2) is 14.5 Å². The summed E-state index contributed by atoms with van der Waals surface area (Å²) in [5.41, 5.74) is 3.21. The lowest BCUT2D eigenvalue weighted by molar-refractivity contribution is -0.123. The first kappa shape index (κ1) is 20.1. The van der Waals surface area contributed by atoms with Crippen molar-refractivity contribution in [2.24, 2.45) is 0 Å². The molecule has 4 rings (SSSR count). The van der Waals surface area contributed by atoms with Crippen LogP contribution in [0.4, 0.5) is 0 Å². The second-order valence-corrected chi connectivity index (χ2v) is 8.03. The summed E-state index contributed by atoms with van der Waals surface area (Å²) in [4.78, 5) is 30.0. The normalized spacial score (nSPS) is 15.8. The fourth-order valence-corrected chi connectivity index (χ4v) is 4.05.